The van der Waals surface area contributed by atoms with Gasteiger partial charge in [0, 0.05) is 64.6 Å². The van der Waals surface area contributed by atoms with Crippen LogP contribution >= 0.6 is 24.0 Å². The number of methoxy groups -OCH3 is 1. The molecule has 0 spiro atoms. The standard InChI is InChI=1S/C23H28N6O3.HI/c1-24-23(29-12-10-28(11-13-29)17-19-9-14-31-27-19)26-16-18-3-8-22(25-15-18)32-21-6-4-20(30-2)5-7-21;/h3-9,14-15H,10-13,16-17H2,1-2H3,(H,24,26);1H. The highest BCUT2D eigenvalue weighted by Crippen LogP contribution is 2.22. The molecule has 0 aliphatic carbocycles. The highest BCUT2D eigenvalue weighted by atomic mass is 127. The molecule has 1 aromatic carbocycles. The lowest BCUT2D eigenvalue weighted by molar-refractivity contribution is 0.169. The Morgan fingerprint density at radius 3 is 2.42 bits per heavy atom. The van der Waals surface area contributed by atoms with Crippen molar-refractivity contribution >= 4 is 29.9 Å². The Bertz CT molecular complexity index is 988. The smallest absolute Gasteiger partial charge is 0.219 e. The van der Waals surface area contributed by atoms with E-state index in [1.165, 1.54) is 0 Å². The van der Waals surface area contributed by atoms with E-state index < -0.39 is 0 Å². The maximum Gasteiger partial charge on any atom is 0.219 e. The molecule has 1 aliphatic rings. The van der Waals surface area contributed by atoms with Crippen LogP contribution in [0.25, 0.3) is 0 Å². The van der Waals surface area contributed by atoms with E-state index in [0.717, 1.165) is 55.7 Å². The molecule has 2 aromatic heterocycles. The number of piperazine rings is 1. The average Bonchev–Trinajstić information content (AvgIpc) is 3.35. The van der Waals surface area contributed by atoms with Gasteiger partial charge in [0.25, 0.3) is 0 Å². The summed E-state index contributed by atoms with van der Waals surface area (Å²) in [5.41, 5.74) is 2.02. The average molecular weight is 564 g/mol. The van der Waals surface area contributed by atoms with Crippen LogP contribution in [0, 0.1) is 0 Å². The van der Waals surface area contributed by atoms with E-state index >= 15 is 0 Å². The number of halogens is 1. The molecule has 1 fully saturated rings. The molecule has 1 N–H and O–H groups in total. The van der Waals surface area contributed by atoms with Crippen LogP contribution in [-0.2, 0) is 13.1 Å². The van der Waals surface area contributed by atoms with Gasteiger partial charge in [0.15, 0.2) is 5.96 Å². The first kappa shape index (κ1) is 24.8. The second-order valence-electron chi connectivity index (χ2n) is 7.44. The third kappa shape index (κ3) is 7.06. The van der Waals surface area contributed by atoms with E-state index in [9.17, 15) is 0 Å². The van der Waals surface area contributed by atoms with Crippen LogP contribution in [0.3, 0.4) is 0 Å². The van der Waals surface area contributed by atoms with Gasteiger partial charge in [0.05, 0.1) is 12.8 Å². The molecule has 3 heterocycles. The number of hydrogen-bond acceptors (Lipinski definition) is 7. The molecule has 0 radical (unpaired) electrons. The van der Waals surface area contributed by atoms with Gasteiger partial charge in [-0.3, -0.25) is 9.89 Å². The fraction of sp³-hybridized carbons (Fsp3) is 0.348. The summed E-state index contributed by atoms with van der Waals surface area (Å²) in [5, 5.41) is 7.43. The number of benzene rings is 1. The minimum absolute atomic E-state index is 0. The molecular weight excluding hydrogens is 535 g/mol. The maximum atomic E-state index is 5.79. The molecule has 0 saturated carbocycles. The lowest BCUT2D eigenvalue weighted by Crippen LogP contribution is -2.52. The largest absolute Gasteiger partial charge is 0.497 e. The Balaban J connectivity index is 0.00000306. The Labute approximate surface area is 210 Å². The highest BCUT2D eigenvalue weighted by molar-refractivity contribution is 14.0. The van der Waals surface area contributed by atoms with Crippen molar-refractivity contribution in [2.24, 2.45) is 4.99 Å². The van der Waals surface area contributed by atoms with Crippen molar-refractivity contribution in [2.75, 3.05) is 40.3 Å². The van der Waals surface area contributed by atoms with Crippen molar-refractivity contribution in [3.63, 3.8) is 0 Å². The number of nitrogens with one attached hydrogen (secondary N) is 1. The number of guanidine groups is 1. The number of pyridine rings is 1. The molecular formula is C23H29IN6O3. The Morgan fingerprint density at radius 2 is 1.82 bits per heavy atom. The van der Waals surface area contributed by atoms with Crippen molar-refractivity contribution in [3.05, 3.63) is 66.2 Å². The zero-order chi connectivity index (χ0) is 22.2. The molecule has 176 valence electrons. The Morgan fingerprint density at radius 1 is 1.06 bits per heavy atom. The molecule has 1 saturated heterocycles. The monoisotopic (exact) mass is 564 g/mol. The summed E-state index contributed by atoms with van der Waals surface area (Å²) in [6.07, 6.45) is 3.43. The van der Waals surface area contributed by atoms with E-state index in [2.05, 4.69) is 30.2 Å². The molecule has 4 rings (SSSR count). The van der Waals surface area contributed by atoms with Gasteiger partial charge >= 0.3 is 0 Å². The molecule has 0 unspecified atom stereocenters. The number of aliphatic imine (C=N–C) groups is 1. The first-order valence-corrected chi connectivity index (χ1v) is 10.6. The molecule has 0 bridgehead atoms. The van der Waals surface area contributed by atoms with Crippen LogP contribution in [0.5, 0.6) is 17.4 Å². The summed E-state index contributed by atoms with van der Waals surface area (Å²) in [7, 11) is 3.45. The van der Waals surface area contributed by atoms with E-state index in [4.69, 9.17) is 14.0 Å². The van der Waals surface area contributed by atoms with Crippen molar-refractivity contribution < 1.29 is 14.0 Å². The number of ether oxygens (including phenoxy) is 2. The van der Waals surface area contributed by atoms with E-state index in [0.29, 0.717) is 18.2 Å². The summed E-state index contributed by atoms with van der Waals surface area (Å²) >= 11 is 0. The van der Waals surface area contributed by atoms with Crippen molar-refractivity contribution in [3.8, 4) is 17.4 Å². The molecule has 0 atom stereocenters. The van der Waals surface area contributed by atoms with Crippen LogP contribution in [0.15, 0.2) is 64.4 Å². The molecule has 33 heavy (non-hydrogen) atoms. The highest BCUT2D eigenvalue weighted by Gasteiger charge is 2.20. The van der Waals surface area contributed by atoms with E-state index in [1.807, 2.05) is 55.7 Å². The summed E-state index contributed by atoms with van der Waals surface area (Å²) in [6.45, 7) is 5.17. The second kappa shape index (κ2) is 12.4. The quantitative estimate of drug-likeness (QED) is 0.266. The fourth-order valence-corrected chi connectivity index (χ4v) is 3.52. The molecule has 9 nitrogen and oxygen atoms in total. The first-order chi connectivity index (χ1) is 15.7. The predicted molar refractivity (Wildman–Crippen MR) is 136 cm³/mol. The summed E-state index contributed by atoms with van der Waals surface area (Å²) in [6, 6.07) is 13.2. The summed E-state index contributed by atoms with van der Waals surface area (Å²) in [4.78, 5) is 13.5. The second-order valence-corrected chi connectivity index (χ2v) is 7.44. The first-order valence-electron chi connectivity index (χ1n) is 10.6. The van der Waals surface area contributed by atoms with Gasteiger partial charge in [0.1, 0.15) is 17.8 Å². The molecule has 10 heteroatoms. The van der Waals surface area contributed by atoms with E-state index in [-0.39, 0.29) is 24.0 Å². The lowest BCUT2D eigenvalue weighted by Gasteiger charge is -2.36. The molecule has 3 aromatic rings. The van der Waals surface area contributed by atoms with Crippen molar-refractivity contribution in [1.82, 2.24) is 25.3 Å². The van der Waals surface area contributed by atoms with Crippen LogP contribution in [-0.4, -0.2) is 66.2 Å². The minimum Gasteiger partial charge on any atom is -0.497 e. The Hall–Kier alpha value is -2.86. The number of rotatable bonds is 7. The minimum atomic E-state index is 0. The Kier molecular flexibility index (Phi) is 9.31. The van der Waals surface area contributed by atoms with Crippen LogP contribution in [0.1, 0.15) is 11.3 Å². The fourth-order valence-electron chi connectivity index (χ4n) is 3.52. The zero-order valence-corrected chi connectivity index (χ0v) is 21.1. The summed E-state index contributed by atoms with van der Waals surface area (Å²) in [5.74, 6) is 2.94. The summed E-state index contributed by atoms with van der Waals surface area (Å²) < 4.78 is 15.9. The van der Waals surface area contributed by atoms with Crippen LogP contribution in [0.4, 0.5) is 0 Å². The van der Waals surface area contributed by atoms with Gasteiger partial charge in [-0.1, -0.05) is 11.2 Å². The van der Waals surface area contributed by atoms with Crippen LogP contribution < -0.4 is 14.8 Å². The lowest BCUT2D eigenvalue weighted by atomic mass is 10.2. The SMILES string of the molecule is CN=C(NCc1ccc(Oc2ccc(OC)cc2)nc1)N1CCN(Cc2ccon2)CC1.I. The van der Waals surface area contributed by atoms with E-state index in [1.54, 1.807) is 13.4 Å². The van der Waals surface area contributed by atoms with Gasteiger partial charge in [0.2, 0.25) is 5.88 Å². The topological polar surface area (TPSA) is 88.3 Å². The van der Waals surface area contributed by atoms with Gasteiger partial charge in [-0.2, -0.15) is 0 Å². The zero-order valence-electron chi connectivity index (χ0n) is 18.8. The van der Waals surface area contributed by atoms with Crippen LogP contribution in [0.2, 0.25) is 0 Å². The van der Waals surface area contributed by atoms with Gasteiger partial charge in [-0.25, -0.2) is 4.98 Å². The van der Waals surface area contributed by atoms with Gasteiger partial charge < -0.3 is 24.2 Å². The maximum absolute atomic E-state index is 5.79. The number of nitrogens with zero attached hydrogens (tertiary/aromatic N) is 5. The number of hydrogen-bond donors (Lipinski definition) is 1. The third-order valence-corrected chi connectivity index (χ3v) is 5.29. The normalized spacial score (nSPS) is 14.5. The molecule has 1 aliphatic heterocycles. The third-order valence-electron chi connectivity index (χ3n) is 5.29. The van der Waals surface area contributed by atoms with Crippen molar-refractivity contribution in [2.45, 2.75) is 13.1 Å². The molecule has 0 amide bonds. The van der Waals surface area contributed by atoms with Gasteiger partial charge in [-0.05, 0) is 29.8 Å². The van der Waals surface area contributed by atoms with Gasteiger partial charge in [-0.15, -0.1) is 24.0 Å². The predicted octanol–water partition coefficient (Wildman–Crippen LogP) is 3.38. The number of aromatic nitrogens is 2. The van der Waals surface area contributed by atoms with Crippen molar-refractivity contribution in [1.29, 1.82) is 0 Å².